The summed E-state index contributed by atoms with van der Waals surface area (Å²) < 4.78 is 0. The number of allylic oxidation sites excluding steroid dienone is 4. The van der Waals surface area contributed by atoms with E-state index in [1.165, 1.54) is 0 Å². The smallest absolute Gasteiger partial charge is 0.162 e. The molecule has 0 amide bonds. The van der Waals surface area contributed by atoms with Crippen molar-refractivity contribution in [2.24, 2.45) is 17.3 Å². The van der Waals surface area contributed by atoms with Gasteiger partial charge in [-0.25, -0.2) is 0 Å². The monoisotopic (exact) mass is 219 g/mol. The molecular formula is C13H17NO2. The summed E-state index contributed by atoms with van der Waals surface area (Å²) in [5.41, 5.74) is 0.442. The van der Waals surface area contributed by atoms with Crippen molar-refractivity contribution in [1.29, 1.82) is 5.26 Å². The summed E-state index contributed by atoms with van der Waals surface area (Å²) in [6, 6.07) is 2.09. The Morgan fingerprint density at radius 2 is 2.19 bits per heavy atom. The lowest BCUT2D eigenvalue weighted by molar-refractivity contribution is -0.123. The van der Waals surface area contributed by atoms with Crippen LogP contribution in [0.4, 0.5) is 0 Å². The number of hydrogen-bond donors (Lipinski definition) is 1. The Balaban J connectivity index is 2.85. The van der Waals surface area contributed by atoms with Crippen molar-refractivity contribution < 1.29 is 9.90 Å². The zero-order chi connectivity index (χ0) is 12.3. The van der Waals surface area contributed by atoms with Crippen LogP contribution in [0, 0.1) is 28.6 Å². The van der Waals surface area contributed by atoms with Gasteiger partial charge >= 0.3 is 0 Å². The predicted molar refractivity (Wildman–Crippen MR) is 61.4 cm³/mol. The van der Waals surface area contributed by atoms with Crippen molar-refractivity contribution in [3.63, 3.8) is 0 Å². The molecule has 16 heavy (non-hydrogen) atoms. The van der Waals surface area contributed by atoms with E-state index >= 15 is 0 Å². The molecule has 1 N–H and O–H groups in total. The van der Waals surface area contributed by atoms with Crippen LogP contribution in [-0.2, 0) is 4.79 Å². The lowest BCUT2D eigenvalue weighted by Gasteiger charge is -1.98. The van der Waals surface area contributed by atoms with Crippen molar-refractivity contribution in [2.75, 3.05) is 6.61 Å². The molecule has 0 aliphatic heterocycles. The highest BCUT2D eigenvalue weighted by Crippen LogP contribution is 2.59. The molecule has 0 radical (unpaired) electrons. The van der Waals surface area contributed by atoms with Crippen LogP contribution in [0.25, 0.3) is 0 Å². The summed E-state index contributed by atoms with van der Waals surface area (Å²) >= 11 is 0. The summed E-state index contributed by atoms with van der Waals surface area (Å²) in [4.78, 5) is 11.4. The van der Waals surface area contributed by atoms with E-state index in [1.807, 2.05) is 26.8 Å². The molecule has 86 valence electrons. The van der Waals surface area contributed by atoms with Gasteiger partial charge in [-0.3, -0.25) is 4.79 Å². The molecule has 0 spiro atoms. The van der Waals surface area contributed by atoms with Crippen molar-refractivity contribution in [3.8, 4) is 6.07 Å². The maximum absolute atomic E-state index is 11.4. The Bertz CT molecular complexity index is 385. The molecule has 0 aromatic carbocycles. The number of carbonyl (C=O) groups excluding carboxylic acids is 1. The average molecular weight is 219 g/mol. The molecule has 1 fully saturated rings. The Kier molecular flexibility index (Phi) is 3.66. The number of aliphatic hydroxyl groups is 1. The minimum absolute atomic E-state index is 0.0676. The van der Waals surface area contributed by atoms with Gasteiger partial charge in [-0.2, -0.15) is 5.26 Å². The fourth-order valence-corrected chi connectivity index (χ4v) is 2.21. The van der Waals surface area contributed by atoms with Crippen molar-refractivity contribution in [1.82, 2.24) is 0 Å². The van der Waals surface area contributed by atoms with Crippen LogP contribution < -0.4 is 0 Å². The third kappa shape index (κ3) is 2.23. The van der Waals surface area contributed by atoms with Crippen LogP contribution >= 0.6 is 0 Å². The zero-order valence-electron chi connectivity index (χ0n) is 9.90. The van der Waals surface area contributed by atoms with Crippen LogP contribution in [0.5, 0.6) is 0 Å². The number of Topliss-reactive ketones (excluding diaryl/α,β-unsaturated/α-hetero) is 1. The standard InChI is InChI=1S/C13H17NO2/c1-4-5-9(7-14)6-10-12(11(16)8-15)13(10,2)3/h4-6,10,12,15H,8H2,1-3H3/b5-4+,9-6-/t10-,12+/m1/s1. The van der Waals surface area contributed by atoms with E-state index in [1.54, 1.807) is 12.2 Å². The molecule has 0 heterocycles. The van der Waals surface area contributed by atoms with Crippen LogP contribution in [-0.4, -0.2) is 17.5 Å². The quantitative estimate of drug-likeness (QED) is 0.579. The molecule has 0 bridgehead atoms. The molecule has 1 rings (SSSR count). The van der Waals surface area contributed by atoms with E-state index in [9.17, 15) is 4.79 Å². The first kappa shape index (κ1) is 12.7. The van der Waals surface area contributed by atoms with Gasteiger partial charge in [0.15, 0.2) is 5.78 Å². The largest absolute Gasteiger partial charge is 0.389 e. The molecule has 0 aromatic heterocycles. The van der Waals surface area contributed by atoms with Crippen LogP contribution in [0.2, 0.25) is 0 Å². The molecule has 0 unspecified atom stereocenters. The summed E-state index contributed by atoms with van der Waals surface area (Å²) in [5, 5.41) is 17.7. The number of nitriles is 1. The predicted octanol–water partition coefficient (Wildman–Crippen LogP) is 1.85. The van der Waals surface area contributed by atoms with Gasteiger partial charge in [-0.05, 0) is 24.3 Å². The highest BCUT2D eigenvalue weighted by Gasteiger charge is 2.59. The van der Waals surface area contributed by atoms with E-state index < -0.39 is 6.61 Å². The van der Waals surface area contributed by atoms with E-state index in [-0.39, 0.29) is 23.0 Å². The molecule has 0 saturated heterocycles. The topological polar surface area (TPSA) is 61.1 Å². The number of aliphatic hydroxyl groups excluding tert-OH is 1. The number of hydrogen-bond acceptors (Lipinski definition) is 3. The molecule has 1 aliphatic carbocycles. The van der Waals surface area contributed by atoms with Gasteiger partial charge in [-0.1, -0.05) is 26.0 Å². The number of rotatable bonds is 4. The lowest BCUT2D eigenvalue weighted by atomic mass is 10.1. The van der Waals surface area contributed by atoms with Gasteiger partial charge in [0.1, 0.15) is 6.61 Å². The van der Waals surface area contributed by atoms with Crippen LogP contribution in [0.1, 0.15) is 20.8 Å². The molecular weight excluding hydrogens is 202 g/mol. The molecule has 0 aromatic rings. The summed E-state index contributed by atoms with van der Waals surface area (Å²) in [6.45, 7) is 5.40. The summed E-state index contributed by atoms with van der Waals surface area (Å²) in [5.74, 6) is -0.215. The average Bonchev–Trinajstić information content (AvgIpc) is 2.78. The Labute approximate surface area is 96.1 Å². The fraction of sp³-hybridized carbons (Fsp3) is 0.538. The SMILES string of the molecule is C/C=C/C(C#N)=C/[C@@H]1[C@@H](C(=O)CO)C1(C)C. The van der Waals surface area contributed by atoms with Gasteiger partial charge in [0.2, 0.25) is 0 Å². The normalized spacial score (nSPS) is 27.8. The molecule has 3 nitrogen and oxygen atoms in total. The summed E-state index contributed by atoms with van der Waals surface area (Å²) in [6.07, 6.45) is 5.36. The van der Waals surface area contributed by atoms with Crippen molar-refractivity contribution >= 4 is 5.78 Å². The molecule has 3 heteroatoms. The molecule has 1 saturated carbocycles. The second-order valence-electron chi connectivity index (χ2n) is 4.68. The minimum atomic E-state index is -0.413. The minimum Gasteiger partial charge on any atom is -0.389 e. The van der Waals surface area contributed by atoms with E-state index in [0.29, 0.717) is 5.57 Å². The van der Waals surface area contributed by atoms with Crippen molar-refractivity contribution in [2.45, 2.75) is 20.8 Å². The first-order valence-corrected chi connectivity index (χ1v) is 5.37. The van der Waals surface area contributed by atoms with Crippen molar-refractivity contribution in [3.05, 3.63) is 23.8 Å². The van der Waals surface area contributed by atoms with Gasteiger partial charge in [0.25, 0.3) is 0 Å². The third-order valence-electron chi connectivity index (χ3n) is 3.25. The first-order chi connectivity index (χ1) is 7.48. The maximum atomic E-state index is 11.4. The van der Waals surface area contributed by atoms with E-state index in [2.05, 4.69) is 6.07 Å². The Hall–Kier alpha value is -1.40. The maximum Gasteiger partial charge on any atom is 0.162 e. The van der Waals surface area contributed by atoms with E-state index in [0.717, 1.165) is 0 Å². The molecule has 1 aliphatic rings. The van der Waals surface area contributed by atoms with Gasteiger partial charge in [0, 0.05) is 11.5 Å². The fourth-order valence-electron chi connectivity index (χ4n) is 2.21. The molecule has 2 atom stereocenters. The zero-order valence-corrected chi connectivity index (χ0v) is 9.90. The third-order valence-corrected chi connectivity index (χ3v) is 3.25. The van der Waals surface area contributed by atoms with Crippen LogP contribution in [0.3, 0.4) is 0 Å². The highest BCUT2D eigenvalue weighted by atomic mass is 16.3. The van der Waals surface area contributed by atoms with Gasteiger partial charge in [-0.15, -0.1) is 0 Å². The van der Waals surface area contributed by atoms with Crippen LogP contribution in [0.15, 0.2) is 23.8 Å². The summed E-state index contributed by atoms with van der Waals surface area (Å²) in [7, 11) is 0. The Morgan fingerprint density at radius 1 is 1.56 bits per heavy atom. The van der Waals surface area contributed by atoms with Gasteiger partial charge in [0.05, 0.1) is 6.07 Å². The second-order valence-corrected chi connectivity index (χ2v) is 4.68. The van der Waals surface area contributed by atoms with Gasteiger partial charge < -0.3 is 5.11 Å². The van der Waals surface area contributed by atoms with E-state index in [4.69, 9.17) is 10.4 Å². The first-order valence-electron chi connectivity index (χ1n) is 5.37. The highest BCUT2D eigenvalue weighted by molar-refractivity contribution is 5.86. The number of nitrogens with zero attached hydrogens (tertiary/aromatic N) is 1. The second kappa shape index (κ2) is 4.63. The number of ketones is 1. The lowest BCUT2D eigenvalue weighted by Crippen LogP contribution is -2.10. The Morgan fingerprint density at radius 3 is 2.62 bits per heavy atom. The number of carbonyl (C=O) groups is 1.